The zero-order chi connectivity index (χ0) is 18.5. The summed E-state index contributed by atoms with van der Waals surface area (Å²) in [5.74, 6) is 1.32. The third-order valence-corrected chi connectivity index (χ3v) is 4.76. The molecular formula is C18H24N6O3. The molecule has 1 saturated heterocycles. The lowest BCUT2D eigenvalue weighted by molar-refractivity contribution is 0.0949. The summed E-state index contributed by atoms with van der Waals surface area (Å²) < 4.78 is 12.4. The summed E-state index contributed by atoms with van der Waals surface area (Å²) in [6, 6.07) is 5.82. The largest absolute Gasteiger partial charge is 0.454 e. The van der Waals surface area contributed by atoms with Gasteiger partial charge in [0.25, 0.3) is 5.91 Å². The quantitative estimate of drug-likeness (QED) is 0.700. The van der Waals surface area contributed by atoms with Crippen LogP contribution in [-0.2, 0) is 13.0 Å². The number of carbonyl (C=O) groups is 1. The van der Waals surface area contributed by atoms with E-state index in [1.807, 2.05) is 18.2 Å². The molecule has 3 heterocycles. The maximum absolute atomic E-state index is 12.3. The number of hydrogen-bond donors (Lipinski definition) is 2. The molecule has 2 aromatic rings. The van der Waals surface area contributed by atoms with Crippen LogP contribution in [0.3, 0.4) is 0 Å². The minimum absolute atomic E-state index is 0.204. The number of ether oxygens (including phenoxy) is 2. The summed E-state index contributed by atoms with van der Waals surface area (Å²) in [7, 11) is 0. The average Bonchev–Trinajstić information content (AvgIpc) is 3.36. The van der Waals surface area contributed by atoms with Crippen LogP contribution in [0.25, 0.3) is 0 Å². The van der Waals surface area contributed by atoms with Gasteiger partial charge in [0.05, 0.1) is 12.7 Å². The van der Waals surface area contributed by atoms with Crippen LogP contribution in [0, 0.1) is 0 Å². The molecule has 1 fully saturated rings. The molecule has 4 rings (SSSR count). The highest BCUT2D eigenvalue weighted by Crippen LogP contribution is 2.32. The Morgan fingerprint density at radius 1 is 1.19 bits per heavy atom. The highest BCUT2D eigenvalue weighted by atomic mass is 16.7. The van der Waals surface area contributed by atoms with Crippen molar-refractivity contribution in [2.45, 2.75) is 13.0 Å². The molecule has 2 aliphatic heterocycles. The van der Waals surface area contributed by atoms with Crippen LogP contribution >= 0.6 is 0 Å². The first kappa shape index (κ1) is 17.7. The van der Waals surface area contributed by atoms with E-state index in [1.54, 1.807) is 10.9 Å². The average molecular weight is 372 g/mol. The van der Waals surface area contributed by atoms with Crippen molar-refractivity contribution < 1.29 is 14.3 Å². The molecule has 1 aromatic carbocycles. The molecule has 2 aliphatic rings. The second-order valence-corrected chi connectivity index (χ2v) is 6.65. The molecule has 2 N–H and O–H groups in total. The highest BCUT2D eigenvalue weighted by molar-refractivity contribution is 5.91. The maximum Gasteiger partial charge on any atom is 0.273 e. The first-order chi connectivity index (χ1) is 13.3. The number of nitrogens with one attached hydrogen (secondary N) is 2. The lowest BCUT2D eigenvalue weighted by Gasteiger charge is -2.26. The fourth-order valence-corrected chi connectivity index (χ4v) is 3.20. The van der Waals surface area contributed by atoms with Gasteiger partial charge in [0.15, 0.2) is 17.2 Å². The first-order valence-electron chi connectivity index (χ1n) is 9.28. The third-order valence-electron chi connectivity index (χ3n) is 4.76. The molecule has 0 bridgehead atoms. The second-order valence-electron chi connectivity index (χ2n) is 6.65. The SMILES string of the molecule is O=C(NCCc1ccc2c(c1)OCO2)c1cn(CCN2CCNCC2)nn1. The molecule has 0 saturated carbocycles. The summed E-state index contributed by atoms with van der Waals surface area (Å²) in [5.41, 5.74) is 1.43. The predicted molar refractivity (Wildman–Crippen MR) is 97.9 cm³/mol. The van der Waals surface area contributed by atoms with Crippen molar-refractivity contribution in [3.05, 3.63) is 35.7 Å². The summed E-state index contributed by atoms with van der Waals surface area (Å²) in [4.78, 5) is 14.6. The Bertz CT molecular complexity index is 787. The monoisotopic (exact) mass is 372 g/mol. The molecular weight excluding hydrogens is 348 g/mol. The van der Waals surface area contributed by atoms with Gasteiger partial charge >= 0.3 is 0 Å². The van der Waals surface area contributed by atoms with Crippen molar-refractivity contribution >= 4 is 5.91 Å². The van der Waals surface area contributed by atoms with Crippen LogP contribution in [0.4, 0.5) is 0 Å². The maximum atomic E-state index is 12.3. The normalized spacial score (nSPS) is 16.4. The molecule has 144 valence electrons. The van der Waals surface area contributed by atoms with Gasteiger partial charge in [-0.15, -0.1) is 5.10 Å². The lowest BCUT2D eigenvalue weighted by Crippen LogP contribution is -2.44. The van der Waals surface area contributed by atoms with Gasteiger partial charge in [0.1, 0.15) is 0 Å². The van der Waals surface area contributed by atoms with Crippen LogP contribution in [0.1, 0.15) is 16.1 Å². The highest BCUT2D eigenvalue weighted by Gasteiger charge is 2.14. The summed E-state index contributed by atoms with van der Waals surface area (Å²) in [6.07, 6.45) is 2.41. The zero-order valence-corrected chi connectivity index (χ0v) is 15.2. The van der Waals surface area contributed by atoms with Crippen molar-refractivity contribution in [1.29, 1.82) is 0 Å². The van der Waals surface area contributed by atoms with E-state index < -0.39 is 0 Å². The Kier molecular flexibility index (Phi) is 5.50. The molecule has 0 spiro atoms. The van der Waals surface area contributed by atoms with Crippen LogP contribution < -0.4 is 20.1 Å². The molecule has 27 heavy (non-hydrogen) atoms. The van der Waals surface area contributed by atoms with Gasteiger partial charge in [-0.2, -0.15) is 0 Å². The molecule has 9 nitrogen and oxygen atoms in total. The van der Waals surface area contributed by atoms with Gasteiger partial charge in [-0.05, 0) is 24.1 Å². The number of hydrogen-bond acceptors (Lipinski definition) is 7. The van der Waals surface area contributed by atoms with Gasteiger partial charge in [-0.3, -0.25) is 14.4 Å². The topological polar surface area (TPSA) is 93.5 Å². The van der Waals surface area contributed by atoms with Crippen LogP contribution in [0.15, 0.2) is 24.4 Å². The van der Waals surface area contributed by atoms with E-state index in [9.17, 15) is 4.79 Å². The Morgan fingerprint density at radius 2 is 2.04 bits per heavy atom. The fraction of sp³-hybridized carbons (Fsp3) is 0.500. The van der Waals surface area contributed by atoms with E-state index in [0.717, 1.165) is 56.3 Å². The predicted octanol–water partition coefficient (Wildman–Crippen LogP) is -0.115. The van der Waals surface area contributed by atoms with Gasteiger partial charge < -0.3 is 20.1 Å². The molecule has 0 atom stereocenters. The fourth-order valence-electron chi connectivity index (χ4n) is 3.20. The van der Waals surface area contributed by atoms with E-state index in [2.05, 4.69) is 25.8 Å². The van der Waals surface area contributed by atoms with Crippen molar-refractivity contribution in [2.24, 2.45) is 0 Å². The number of fused-ring (bicyclic) bond motifs is 1. The Balaban J connectivity index is 1.22. The van der Waals surface area contributed by atoms with Gasteiger partial charge in [-0.25, -0.2) is 0 Å². The lowest BCUT2D eigenvalue weighted by atomic mass is 10.1. The summed E-state index contributed by atoms with van der Waals surface area (Å²) >= 11 is 0. The van der Waals surface area contributed by atoms with Gasteiger partial charge in [0, 0.05) is 39.3 Å². The summed E-state index contributed by atoms with van der Waals surface area (Å²) in [6.45, 7) is 6.56. The number of rotatable bonds is 7. The van der Waals surface area contributed by atoms with E-state index >= 15 is 0 Å². The standard InChI is InChI=1S/C18H24N6O3/c25-18(20-4-3-14-1-2-16-17(11-14)27-13-26-16)15-12-24(22-21-15)10-9-23-7-5-19-6-8-23/h1-2,11-12,19H,3-10,13H2,(H,20,25). The minimum atomic E-state index is -0.204. The molecule has 0 radical (unpaired) electrons. The molecule has 0 aliphatic carbocycles. The number of carbonyl (C=O) groups excluding carboxylic acids is 1. The van der Waals surface area contributed by atoms with Crippen LogP contribution in [-0.4, -0.2) is 71.9 Å². The van der Waals surface area contributed by atoms with Crippen molar-refractivity contribution in [3.63, 3.8) is 0 Å². The number of piperazine rings is 1. The van der Waals surface area contributed by atoms with Crippen molar-refractivity contribution in [2.75, 3.05) is 46.1 Å². The summed E-state index contributed by atoms with van der Waals surface area (Å²) in [5, 5.41) is 14.3. The van der Waals surface area contributed by atoms with Gasteiger partial charge in [0.2, 0.25) is 6.79 Å². The molecule has 1 aromatic heterocycles. The second kappa shape index (κ2) is 8.36. The first-order valence-corrected chi connectivity index (χ1v) is 9.28. The smallest absolute Gasteiger partial charge is 0.273 e. The van der Waals surface area contributed by atoms with Crippen molar-refractivity contribution in [3.8, 4) is 11.5 Å². The molecule has 9 heteroatoms. The number of benzene rings is 1. The van der Waals surface area contributed by atoms with Crippen LogP contribution in [0.5, 0.6) is 11.5 Å². The Labute approximate surface area is 157 Å². The molecule has 1 amide bonds. The van der Waals surface area contributed by atoms with Crippen molar-refractivity contribution in [1.82, 2.24) is 30.5 Å². The van der Waals surface area contributed by atoms with Crippen LogP contribution in [0.2, 0.25) is 0 Å². The Hall–Kier alpha value is -2.65. The minimum Gasteiger partial charge on any atom is -0.454 e. The van der Waals surface area contributed by atoms with E-state index in [1.165, 1.54) is 0 Å². The number of aromatic nitrogens is 3. The molecule has 0 unspecified atom stereocenters. The van der Waals surface area contributed by atoms with E-state index in [-0.39, 0.29) is 12.7 Å². The van der Waals surface area contributed by atoms with Gasteiger partial charge in [-0.1, -0.05) is 11.3 Å². The zero-order valence-electron chi connectivity index (χ0n) is 15.2. The number of nitrogens with zero attached hydrogens (tertiary/aromatic N) is 4. The van der Waals surface area contributed by atoms with E-state index in [0.29, 0.717) is 18.7 Å². The third kappa shape index (κ3) is 4.55. The van der Waals surface area contributed by atoms with E-state index in [4.69, 9.17) is 9.47 Å². The Morgan fingerprint density at radius 3 is 2.93 bits per heavy atom. The number of amides is 1.